The Morgan fingerprint density at radius 1 is 1.64 bits per heavy atom. The molecule has 0 aliphatic rings. The van der Waals surface area contributed by atoms with E-state index in [-0.39, 0.29) is 6.10 Å². The van der Waals surface area contributed by atoms with Crippen LogP contribution in [-0.2, 0) is 0 Å². The molecule has 0 fully saturated rings. The third kappa shape index (κ3) is 2.48. The van der Waals surface area contributed by atoms with Crippen molar-refractivity contribution in [2.75, 3.05) is 0 Å². The molecule has 0 aliphatic carbocycles. The van der Waals surface area contributed by atoms with Crippen LogP contribution in [0.25, 0.3) is 6.08 Å². The number of rotatable bonds is 2. The van der Waals surface area contributed by atoms with Crippen molar-refractivity contribution >= 4 is 17.4 Å². The molecule has 1 nitrogen and oxygen atoms in total. The normalized spacial score (nSPS) is 14.1. The molecule has 1 rings (SSSR count). The minimum Gasteiger partial charge on any atom is -0.389 e. The fourth-order valence-electron chi connectivity index (χ4n) is 0.782. The average molecular weight is 168 g/mol. The van der Waals surface area contributed by atoms with Gasteiger partial charge in [0, 0.05) is 4.88 Å². The van der Waals surface area contributed by atoms with Crippen LogP contribution in [0.4, 0.5) is 0 Å². The number of hydrogen-bond donors (Lipinski definition) is 1. The second-order valence-corrected chi connectivity index (χ2v) is 3.52. The van der Waals surface area contributed by atoms with Crippen LogP contribution in [0.2, 0.25) is 0 Å². The first-order chi connectivity index (χ1) is 5.20. The Morgan fingerprint density at radius 3 is 2.82 bits per heavy atom. The maximum absolute atomic E-state index is 8.96. The van der Waals surface area contributed by atoms with Gasteiger partial charge >= 0.3 is 0 Å². The van der Waals surface area contributed by atoms with E-state index in [0.29, 0.717) is 0 Å². The predicted octanol–water partition coefficient (Wildman–Crippen LogP) is 2.45. The number of aliphatic hydroxyl groups is 1. The fraction of sp³-hybridized carbons (Fsp3) is 0.333. The van der Waals surface area contributed by atoms with Gasteiger partial charge in [-0.25, -0.2) is 0 Å². The molecule has 2 heteroatoms. The quantitative estimate of drug-likeness (QED) is 0.719. The summed E-state index contributed by atoms with van der Waals surface area (Å²) in [6.45, 7) is 3.82. The lowest BCUT2D eigenvalue weighted by Gasteiger charge is -1.92. The van der Waals surface area contributed by atoms with E-state index in [9.17, 15) is 0 Å². The van der Waals surface area contributed by atoms with E-state index in [0.717, 1.165) is 0 Å². The minimum atomic E-state index is -0.350. The van der Waals surface area contributed by atoms with Gasteiger partial charge in [-0.3, -0.25) is 0 Å². The molecule has 1 aromatic rings. The maximum atomic E-state index is 8.96. The monoisotopic (exact) mass is 168 g/mol. The molecule has 0 aromatic carbocycles. The highest BCUT2D eigenvalue weighted by Crippen LogP contribution is 2.17. The fourth-order valence-corrected chi connectivity index (χ4v) is 1.61. The SMILES string of the molecule is Cc1ccsc1/C=C/C(C)O. The van der Waals surface area contributed by atoms with Crippen LogP contribution in [-0.4, -0.2) is 11.2 Å². The van der Waals surface area contributed by atoms with Crippen molar-refractivity contribution < 1.29 is 5.11 Å². The zero-order valence-corrected chi connectivity index (χ0v) is 7.56. The van der Waals surface area contributed by atoms with Gasteiger partial charge in [-0.05, 0) is 36.9 Å². The van der Waals surface area contributed by atoms with Crippen molar-refractivity contribution in [3.63, 3.8) is 0 Å². The molecule has 60 valence electrons. The zero-order valence-electron chi connectivity index (χ0n) is 6.74. The van der Waals surface area contributed by atoms with Crippen LogP contribution >= 0.6 is 11.3 Å². The number of thiophene rings is 1. The van der Waals surface area contributed by atoms with E-state index < -0.39 is 0 Å². The van der Waals surface area contributed by atoms with Gasteiger partial charge < -0.3 is 5.11 Å². The number of aliphatic hydroxyl groups excluding tert-OH is 1. The molecule has 0 spiro atoms. The van der Waals surface area contributed by atoms with Crippen LogP contribution in [0.3, 0.4) is 0 Å². The second kappa shape index (κ2) is 3.69. The Bertz CT molecular complexity index is 248. The summed E-state index contributed by atoms with van der Waals surface area (Å²) in [6, 6.07) is 2.08. The molecule has 0 saturated carbocycles. The van der Waals surface area contributed by atoms with Crippen LogP contribution in [0.5, 0.6) is 0 Å². The largest absolute Gasteiger partial charge is 0.389 e. The molecule has 11 heavy (non-hydrogen) atoms. The summed E-state index contributed by atoms with van der Waals surface area (Å²) in [6.07, 6.45) is 3.40. The molecule has 1 heterocycles. The van der Waals surface area contributed by atoms with Crippen LogP contribution < -0.4 is 0 Å². The second-order valence-electron chi connectivity index (χ2n) is 2.57. The minimum absolute atomic E-state index is 0.350. The molecule has 0 radical (unpaired) electrons. The lowest BCUT2D eigenvalue weighted by Crippen LogP contribution is -1.90. The highest BCUT2D eigenvalue weighted by atomic mass is 32.1. The first-order valence-electron chi connectivity index (χ1n) is 3.60. The van der Waals surface area contributed by atoms with E-state index >= 15 is 0 Å². The van der Waals surface area contributed by atoms with E-state index in [1.807, 2.05) is 6.08 Å². The third-order valence-corrected chi connectivity index (χ3v) is 2.41. The summed E-state index contributed by atoms with van der Waals surface area (Å²) in [5.74, 6) is 0. The van der Waals surface area contributed by atoms with Crippen molar-refractivity contribution in [2.24, 2.45) is 0 Å². The molecule has 0 amide bonds. The molecule has 1 unspecified atom stereocenters. The molecular formula is C9H12OS. The third-order valence-electron chi connectivity index (χ3n) is 1.43. The van der Waals surface area contributed by atoms with Crippen LogP contribution in [0.1, 0.15) is 17.4 Å². The smallest absolute Gasteiger partial charge is 0.0696 e. The Balaban J connectivity index is 2.71. The summed E-state index contributed by atoms with van der Waals surface area (Å²) < 4.78 is 0. The Hall–Kier alpha value is -0.600. The highest BCUT2D eigenvalue weighted by Gasteiger charge is 1.94. The van der Waals surface area contributed by atoms with Crippen LogP contribution in [0, 0.1) is 6.92 Å². The lowest BCUT2D eigenvalue weighted by atomic mass is 10.2. The Morgan fingerprint density at radius 2 is 2.36 bits per heavy atom. The van der Waals surface area contributed by atoms with Gasteiger partial charge in [0.25, 0.3) is 0 Å². The lowest BCUT2D eigenvalue weighted by molar-refractivity contribution is 0.245. The summed E-state index contributed by atoms with van der Waals surface area (Å²) >= 11 is 1.69. The molecule has 1 aromatic heterocycles. The Labute approximate surface area is 71.0 Å². The summed E-state index contributed by atoms with van der Waals surface area (Å²) in [7, 11) is 0. The van der Waals surface area contributed by atoms with Crippen molar-refractivity contribution in [3.05, 3.63) is 28.0 Å². The van der Waals surface area contributed by atoms with Crippen molar-refractivity contribution in [1.82, 2.24) is 0 Å². The van der Waals surface area contributed by atoms with Crippen molar-refractivity contribution in [3.8, 4) is 0 Å². The van der Waals surface area contributed by atoms with E-state index in [2.05, 4.69) is 18.4 Å². The molecular weight excluding hydrogens is 156 g/mol. The summed E-state index contributed by atoms with van der Waals surface area (Å²) in [5, 5.41) is 11.0. The molecule has 0 saturated heterocycles. The number of hydrogen-bond acceptors (Lipinski definition) is 2. The molecule has 0 aliphatic heterocycles. The van der Waals surface area contributed by atoms with Gasteiger partial charge in [0.1, 0.15) is 0 Å². The van der Waals surface area contributed by atoms with E-state index in [1.54, 1.807) is 24.3 Å². The van der Waals surface area contributed by atoms with Gasteiger partial charge in [0.15, 0.2) is 0 Å². The van der Waals surface area contributed by atoms with E-state index in [4.69, 9.17) is 5.11 Å². The van der Waals surface area contributed by atoms with E-state index in [1.165, 1.54) is 10.4 Å². The molecule has 1 N–H and O–H groups in total. The van der Waals surface area contributed by atoms with Crippen molar-refractivity contribution in [2.45, 2.75) is 20.0 Å². The molecule has 1 atom stereocenters. The zero-order chi connectivity index (χ0) is 8.27. The van der Waals surface area contributed by atoms with Gasteiger partial charge in [-0.15, -0.1) is 11.3 Å². The van der Waals surface area contributed by atoms with Gasteiger partial charge in [0.2, 0.25) is 0 Å². The summed E-state index contributed by atoms with van der Waals surface area (Å²) in [5.41, 5.74) is 1.27. The van der Waals surface area contributed by atoms with Gasteiger partial charge in [-0.1, -0.05) is 6.08 Å². The summed E-state index contributed by atoms with van der Waals surface area (Å²) in [4.78, 5) is 1.23. The van der Waals surface area contributed by atoms with Crippen molar-refractivity contribution in [1.29, 1.82) is 0 Å². The average Bonchev–Trinajstić information content (AvgIpc) is 2.31. The highest BCUT2D eigenvalue weighted by molar-refractivity contribution is 7.11. The predicted molar refractivity (Wildman–Crippen MR) is 49.8 cm³/mol. The van der Waals surface area contributed by atoms with Gasteiger partial charge in [0.05, 0.1) is 6.10 Å². The Kier molecular flexibility index (Phi) is 2.85. The number of aryl methyl sites for hydroxylation is 1. The standard InChI is InChI=1S/C9H12OS/c1-7-5-6-11-9(7)4-3-8(2)10/h3-6,8,10H,1-2H3/b4-3+. The molecule has 0 bridgehead atoms. The van der Waals surface area contributed by atoms with Crippen LogP contribution in [0.15, 0.2) is 17.5 Å². The van der Waals surface area contributed by atoms with Gasteiger partial charge in [-0.2, -0.15) is 0 Å². The topological polar surface area (TPSA) is 20.2 Å². The first kappa shape index (κ1) is 8.50. The maximum Gasteiger partial charge on any atom is 0.0696 e. The first-order valence-corrected chi connectivity index (χ1v) is 4.48.